The van der Waals surface area contributed by atoms with Crippen molar-refractivity contribution in [3.05, 3.63) is 18.2 Å². The van der Waals surface area contributed by atoms with E-state index in [1.54, 1.807) is 12.1 Å². The van der Waals surface area contributed by atoms with Crippen LogP contribution in [0.4, 0.5) is 17.1 Å². The van der Waals surface area contributed by atoms with E-state index in [4.69, 9.17) is 17.2 Å². The predicted octanol–water partition coefficient (Wildman–Crippen LogP) is -0.0850. The fourth-order valence-electron chi connectivity index (χ4n) is 1.73. The standard InChI is InChI=1S/C10H14N4O/c11-7-2-1-6(5-8(7)12)14-4-3-9(14)10(13)15/h1-2,5,9H,3-4,11-12H2,(H2,13,15). The molecule has 0 saturated carbocycles. The third-order valence-electron chi connectivity index (χ3n) is 2.75. The van der Waals surface area contributed by atoms with Crippen LogP contribution in [0.1, 0.15) is 6.42 Å². The minimum Gasteiger partial charge on any atom is -0.397 e. The van der Waals surface area contributed by atoms with Crippen LogP contribution in [0.25, 0.3) is 0 Å². The fourth-order valence-corrected chi connectivity index (χ4v) is 1.73. The van der Waals surface area contributed by atoms with Crippen molar-refractivity contribution in [3.63, 3.8) is 0 Å². The molecule has 0 aliphatic carbocycles. The number of anilines is 3. The minimum atomic E-state index is -0.295. The molecule has 6 N–H and O–H groups in total. The van der Waals surface area contributed by atoms with Crippen molar-refractivity contribution in [2.75, 3.05) is 22.9 Å². The van der Waals surface area contributed by atoms with E-state index >= 15 is 0 Å². The maximum Gasteiger partial charge on any atom is 0.240 e. The van der Waals surface area contributed by atoms with Gasteiger partial charge >= 0.3 is 0 Å². The van der Waals surface area contributed by atoms with Crippen LogP contribution >= 0.6 is 0 Å². The van der Waals surface area contributed by atoms with Crippen molar-refractivity contribution in [2.24, 2.45) is 5.73 Å². The third-order valence-corrected chi connectivity index (χ3v) is 2.75. The van der Waals surface area contributed by atoms with Crippen LogP contribution in [-0.2, 0) is 4.79 Å². The molecule has 2 rings (SSSR count). The Kier molecular flexibility index (Phi) is 2.15. The molecule has 5 heteroatoms. The number of nitrogens with two attached hydrogens (primary N) is 3. The average molecular weight is 206 g/mol. The van der Waals surface area contributed by atoms with Crippen molar-refractivity contribution >= 4 is 23.0 Å². The smallest absolute Gasteiger partial charge is 0.240 e. The molecule has 1 heterocycles. The number of carbonyl (C=O) groups is 1. The Morgan fingerprint density at radius 2 is 2.07 bits per heavy atom. The van der Waals surface area contributed by atoms with Crippen LogP contribution in [0.3, 0.4) is 0 Å². The predicted molar refractivity (Wildman–Crippen MR) is 60.2 cm³/mol. The van der Waals surface area contributed by atoms with E-state index in [0.29, 0.717) is 11.4 Å². The highest BCUT2D eigenvalue weighted by atomic mass is 16.1. The molecule has 0 radical (unpaired) electrons. The molecule has 1 atom stereocenters. The van der Waals surface area contributed by atoms with Crippen LogP contribution < -0.4 is 22.1 Å². The molecule has 1 unspecified atom stereocenters. The van der Waals surface area contributed by atoms with Crippen molar-refractivity contribution < 1.29 is 4.79 Å². The Hall–Kier alpha value is -1.91. The molecule has 5 nitrogen and oxygen atoms in total. The molecule has 80 valence electrons. The van der Waals surface area contributed by atoms with Crippen molar-refractivity contribution in [2.45, 2.75) is 12.5 Å². The van der Waals surface area contributed by atoms with E-state index in [-0.39, 0.29) is 11.9 Å². The van der Waals surface area contributed by atoms with Gasteiger partial charge in [-0.1, -0.05) is 0 Å². The van der Waals surface area contributed by atoms with Gasteiger partial charge in [0.25, 0.3) is 0 Å². The summed E-state index contributed by atoms with van der Waals surface area (Å²) < 4.78 is 0. The number of nitrogens with zero attached hydrogens (tertiary/aromatic N) is 1. The zero-order chi connectivity index (χ0) is 11.0. The van der Waals surface area contributed by atoms with Crippen molar-refractivity contribution in [3.8, 4) is 0 Å². The second-order valence-electron chi connectivity index (χ2n) is 3.71. The number of benzene rings is 1. The van der Waals surface area contributed by atoms with Crippen molar-refractivity contribution in [1.82, 2.24) is 0 Å². The van der Waals surface area contributed by atoms with Crippen LogP contribution in [0, 0.1) is 0 Å². The lowest BCUT2D eigenvalue weighted by Gasteiger charge is -2.40. The molecule has 0 spiro atoms. The van der Waals surface area contributed by atoms with E-state index in [1.165, 1.54) is 0 Å². The molecule has 0 aromatic heterocycles. The van der Waals surface area contributed by atoms with Gasteiger partial charge in [-0.3, -0.25) is 4.79 Å². The van der Waals surface area contributed by atoms with Crippen LogP contribution in [0.5, 0.6) is 0 Å². The van der Waals surface area contributed by atoms with Gasteiger partial charge in [-0.15, -0.1) is 0 Å². The zero-order valence-electron chi connectivity index (χ0n) is 8.31. The van der Waals surface area contributed by atoms with Gasteiger partial charge in [-0.2, -0.15) is 0 Å². The summed E-state index contributed by atoms with van der Waals surface area (Å²) in [6.45, 7) is 0.830. The van der Waals surface area contributed by atoms with Gasteiger partial charge in [0, 0.05) is 12.2 Å². The number of primary amides is 1. The number of amides is 1. The third kappa shape index (κ3) is 1.56. The number of nitrogen functional groups attached to an aromatic ring is 2. The first kappa shape index (κ1) is 9.64. The molecular formula is C10H14N4O. The summed E-state index contributed by atoms with van der Waals surface area (Å²) in [5, 5.41) is 0. The van der Waals surface area contributed by atoms with Gasteiger partial charge < -0.3 is 22.1 Å². The second-order valence-corrected chi connectivity index (χ2v) is 3.71. The van der Waals surface area contributed by atoms with Crippen LogP contribution in [0.2, 0.25) is 0 Å². The topological polar surface area (TPSA) is 98.4 Å². The number of carbonyl (C=O) groups excluding carboxylic acids is 1. The summed E-state index contributed by atoms with van der Waals surface area (Å²) in [6.07, 6.45) is 0.805. The van der Waals surface area contributed by atoms with E-state index in [2.05, 4.69) is 0 Å². The Balaban J connectivity index is 2.23. The number of rotatable bonds is 2. The van der Waals surface area contributed by atoms with Gasteiger partial charge in [-0.25, -0.2) is 0 Å². The van der Waals surface area contributed by atoms with Crippen molar-refractivity contribution in [1.29, 1.82) is 0 Å². The van der Waals surface area contributed by atoms with Crippen LogP contribution in [-0.4, -0.2) is 18.5 Å². The maximum absolute atomic E-state index is 11.0. The highest BCUT2D eigenvalue weighted by molar-refractivity contribution is 5.86. The Morgan fingerprint density at radius 1 is 1.33 bits per heavy atom. The van der Waals surface area contributed by atoms with Crippen LogP contribution in [0.15, 0.2) is 18.2 Å². The monoisotopic (exact) mass is 206 g/mol. The summed E-state index contributed by atoms with van der Waals surface area (Å²) in [5.74, 6) is -0.295. The molecular weight excluding hydrogens is 192 g/mol. The normalized spacial score (nSPS) is 19.7. The highest BCUT2D eigenvalue weighted by Gasteiger charge is 2.32. The molecule has 0 bridgehead atoms. The first-order valence-corrected chi connectivity index (χ1v) is 4.80. The Labute approximate surface area is 87.8 Å². The summed E-state index contributed by atoms with van der Waals surface area (Å²) in [7, 11) is 0. The van der Waals surface area contributed by atoms with Gasteiger partial charge in [0.1, 0.15) is 6.04 Å². The molecule has 1 saturated heterocycles. The van der Waals surface area contributed by atoms with Gasteiger partial charge in [0.05, 0.1) is 11.4 Å². The SMILES string of the molecule is NC(=O)C1CCN1c1ccc(N)c(N)c1. The van der Waals surface area contributed by atoms with Gasteiger partial charge in [0.15, 0.2) is 0 Å². The van der Waals surface area contributed by atoms with E-state index in [0.717, 1.165) is 18.7 Å². The van der Waals surface area contributed by atoms with E-state index in [9.17, 15) is 4.79 Å². The lowest BCUT2D eigenvalue weighted by atomic mass is 10.0. The molecule has 1 aromatic carbocycles. The summed E-state index contributed by atoms with van der Waals surface area (Å²) in [5.41, 5.74) is 18.5. The molecule has 1 fully saturated rings. The fraction of sp³-hybridized carbons (Fsp3) is 0.300. The quantitative estimate of drug-likeness (QED) is 0.589. The molecule has 1 aliphatic heterocycles. The lowest BCUT2D eigenvalue weighted by Crippen LogP contribution is -2.55. The first-order chi connectivity index (χ1) is 7.09. The minimum absolute atomic E-state index is 0.201. The summed E-state index contributed by atoms with van der Waals surface area (Å²) >= 11 is 0. The van der Waals surface area contributed by atoms with E-state index < -0.39 is 0 Å². The van der Waals surface area contributed by atoms with Gasteiger partial charge in [0.2, 0.25) is 5.91 Å². The molecule has 15 heavy (non-hydrogen) atoms. The summed E-state index contributed by atoms with van der Waals surface area (Å²) in [4.78, 5) is 13.0. The molecule has 1 amide bonds. The van der Waals surface area contributed by atoms with Gasteiger partial charge in [-0.05, 0) is 24.6 Å². The first-order valence-electron chi connectivity index (χ1n) is 4.80. The number of hydrogen-bond donors (Lipinski definition) is 3. The maximum atomic E-state index is 11.0. The lowest BCUT2D eigenvalue weighted by molar-refractivity contribution is -0.120. The Morgan fingerprint density at radius 3 is 2.53 bits per heavy atom. The Bertz CT molecular complexity index is 404. The summed E-state index contributed by atoms with van der Waals surface area (Å²) in [6, 6.07) is 5.15. The highest BCUT2D eigenvalue weighted by Crippen LogP contribution is 2.29. The largest absolute Gasteiger partial charge is 0.397 e. The zero-order valence-corrected chi connectivity index (χ0v) is 8.31. The van der Waals surface area contributed by atoms with E-state index in [1.807, 2.05) is 11.0 Å². The molecule has 1 aliphatic rings. The molecule has 1 aromatic rings. The second kappa shape index (κ2) is 3.34. The number of hydrogen-bond acceptors (Lipinski definition) is 4. The average Bonchev–Trinajstić information content (AvgIpc) is 2.08.